The van der Waals surface area contributed by atoms with Crippen molar-refractivity contribution in [3.8, 4) is 0 Å². The highest BCUT2D eigenvalue weighted by Gasteiger charge is 2.19. The highest BCUT2D eigenvalue weighted by atomic mass is 16.1. The summed E-state index contributed by atoms with van der Waals surface area (Å²) < 4.78 is 2.10. The molecule has 2 N–H and O–H groups in total. The van der Waals surface area contributed by atoms with Crippen molar-refractivity contribution in [2.45, 2.75) is 45.7 Å². The maximum Gasteiger partial charge on any atom is 0.221 e. The molecule has 0 spiro atoms. The van der Waals surface area contributed by atoms with Gasteiger partial charge in [0.2, 0.25) is 5.91 Å². The van der Waals surface area contributed by atoms with Crippen LogP contribution in [0.2, 0.25) is 0 Å². The number of amides is 1. The van der Waals surface area contributed by atoms with Crippen LogP contribution in [0.5, 0.6) is 0 Å². The number of imidazole rings is 1. The summed E-state index contributed by atoms with van der Waals surface area (Å²) in [6, 6.07) is 0.404. The van der Waals surface area contributed by atoms with Crippen LogP contribution in [-0.4, -0.2) is 28.5 Å². The molecule has 1 aromatic heterocycles. The van der Waals surface area contributed by atoms with Gasteiger partial charge in [0, 0.05) is 31.7 Å². The Morgan fingerprint density at radius 3 is 3.16 bits per heavy atom. The summed E-state index contributed by atoms with van der Waals surface area (Å²) in [4.78, 5) is 15.9. The van der Waals surface area contributed by atoms with Crippen LogP contribution in [0.25, 0.3) is 0 Å². The van der Waals surface area contributed by atoms with Crippen LogP contribution < -0.4 is 10.6 Å². The summed E-state index contributed by atoms with van der Waals surface area (Å²) in [5.41, 5.74) is 1.20. The molecule has 2 rings (SSSR count). The molecule has 106 valence electrons. The van der Waals surface area contributed by atoms with Crippen LogP contribution in [-0.2, 0) is 11.3 Å². The van der Waals surface area contributed by atoms with E-state index < -0.39 is 0 Å². The van der Waals surface area contributed by atoms with E-state index in [0.29, 0.717) is 24.9 Å². The molecule has 1 fully saturated rings. The van der Waals surface area contributed by atoms with Gasteiger partial charge in [-0.05, 0) is 25.3 Å². The molecule has 1 saturated heterocycles. The maximum absolute atomic E-state index is 11.7. The van der Waals surface area contributed by atoms with Gasteiger partial charge in [-0.1, -0.05) is 13.8 Å². The van der Waals surface area contributed by atoms with Crippen LogP contribution in [0.4, 0.5) is 0 Å². The van der Waals surface area contributed by atoms with Crippen LogP contribution in [0.1, 0.15) is 44.8 Å². The van der Waals surface area contributed by atoms with Crippen molar-refractivity contribution in [1.29, 1.82) is 0 Å². The van der Waals surface area contributed by atoms with Crippen molar-refractivity contribution < 1.29 is 4.79 Å². The fourth-order valence-corrected chi connectivity index (χ4v) is 2.37. The third-order valence-electron chi connectivity index (χ3n) is 3.45. The van der Waals surface area contributed by atoms with Gasteiger partial charge in [0.05, 0.1) is 12.0 Å². The normalized spacial score (nSPS) is 19.0. The van der Waals surface area contributed by atoms with Crippen LogP contribution in [0.15, 0.2) is 12.5 Å². The molecule has 19 heavy (non-hydrogen) atoms. The molecular weight excluding hydrogens is 240 g/mol. The highest BCUT2D eigenvalue weighted by molar-refractivity contribution is 5.75. The lowest BCUT2D eigenvalue weighted by Gasteiger charge is -2.14. The zero-order valence-corrected chi connectivity index (χ0v) is 11.9. The quantitative estimate of drug-likeness (QED) is 0.818. The zero-order valence-electron chi connectivity index (χ0n) is 11.9. The number of carbonyl (C=O) groups is 1. The lowest BCUT2D eigenvalue weighted by atomic mass is 10.1. The number of hydrogen-bond donors (Lipinski definition) is 2. The van der Waals surface area contributed by atoms with Crippen molar-refractivity contribution in [2.24, 2.45) is 5.92 Å². The third-order valence-corrected chi connectivity index (χ3v) is 3.45. The van der Waals surface area contributed by atoms with Crippen molar-refractivity contribution in [2.75, 3.05) is 13.1 Å². The molecule has 1 amide bonds. The van der Waals surface area contributed by atoms with Gasteiger partial charge in [0.1, 0.15) is 0 Å². The Kier molecular flexibility index (Phi) is 4.96. The van der Waals surface area contributed by atoms with Gasteiger partial charge >= 0.3 is 0 Å². The van der Waals surface area contributed by atoms with E-state index in [1.807, 2.05) is 12.5 Å². The molecule has 5 nitrogen and oxygen atoms in total. The highest BCUT2D eigenvalue weighted by Crippen LogP contribution is 2.22. The van der Waals surface area contributed by atoms with E-state index in [4.69, 9.17) is 0 Å². The molecule has 1 aliphatic rings. The second-order valence-corrected chi connectivity index (χ2v) is 5.61. The molecule has 0 aliphatic carbocycles. The molecule has 2 heterocycles. The molecule has 0 aromatic carbocycles. The van der Waals surface area contributed by atoms with E-state index >= 15 is 0 Å². The van der Waals surface area contributed by atoms with E-state index in [9.17, 15) is 4.79 Å². The maximum atomic E-state index is 11.7. The minimum atomic E-state index is 0.118. The molecule has 1 atom stereocenters. The Bertz CT molecular complexity index is 407. The minimum absolute atomic E-state index is 0.118. The molecule has 1 aromatic rings. The second-order valence-electron chi connectivity index (χ2n) is 5.61. The zero-order chi connectivity index (χ0) is 13.7. The van der Waals surface area contributed by atoms with E-state index in [0.717, 1.165) is 19.5 Å². The number of aryl methyl sites for hydroxylation is 1. The average molecular weight is 264 g/mol. The monoisotopic (exact) mass is 264 g/mol. The van der Waals surface area contributed by atoms with E-state index in [2.05, 4.69) is 34.0 Å². The van der Waals surface area contributed by atoms with E-state index in [-0.39, 0.29) is 5.91 Å². The lowest BCUT2D eigenvalue weighted by molar-refractivity contribution is -0.121. The second kappa shape index (κ2) is 6.70. The standard InChI is InChI=1S/C14H24N4O/c1-11(2)8-17-14(19)5-7-18-10-15-9-13(18)12-4-3-6-16-12/h9-12,16H,3-8H2,1-2H3,(H,17,19). The Labute approximate surface area is 114 Å². The van der Waals surface area contributed by atoms with Crippen molar-refractivity contribution in [1.82, 2.24) is 20.2 Å². The van der Waals surface area contributed by atoms with Gasteiger partial charge in [-0.2, -0.15) is 0 Å². The summed E-state index contributed by atoms with van der Waals surface area (Å²) in [5, 5.41) is 6.41. The van der Waals surface area contributed by atoms with Crippen molar-refractivity contribution in [3.63, 3.8) is 0 Å². The first-order chi connectivity index (χ1) is 9.16. The number of nitrogens with one attached hydrogen (secondary N) is 2. The first-order valence-electron chi connectivity index (χ1n) is 7.17. The largest absolute Gasteiger partial charge is 0.356 e. The lowest BCUT2D eigenvalue weighted by Crippen LogP contribution is -2.28. The topological polar surface area (TPSA) is 59.0 Å². The predicted molar refractivity (Wildman–Crippen MR) is 74.7 cm³/mol. The summed E-state index contributed by atoms with van der Waals surface area (Å²) in [6.07, 6.45) is 6.62. The van der Waals surface area contributed by atoms with Gasteiger partial charge in [-0.3, -0.25) is 4.79 Å². The smallest absolute Gasteiger partial charge is 0.221 e. The van der Waals surface area contributed by atoms with Crippen LogP contribution in [0, 0.1) is 5.92 Å². The van der Waals surface area contributed by atoms with Gasteiger partial charge < -0.3 is 15.2 Å². The number of hydrogen-bond acceptors (Lipinski definition) is 3. The minimum Gasteiger partial charge on any atom is -0.356 e. The fraction of sp³-hybridized carbons (Fsp3) is 0.714. The number of carbonyl (C=O) groups excluding carboxylic acids is 1. The van der Waals surface area contributed by atoms with Crippen molar-refractivity contribution >= 4 is 5.91 Å². The molecule has 0 saturated carbocycles. The molecule has 0 radical (unpaired) electrons. The molecule has 1 unspecified atom stereocenters. The Morgan fingerprint density at radius 1 is 1.63 bits per heavy atom. The average Bonchev–Trinajstić information content (AvgIpc) is 3.03. The molecule has 1 aliphatic heterocycles. The third kappa shape index (κ3) is 4.06. The molecular formula is C14H24N4O. The Morgan fingerprint density at radius 2 is 2.47 bits per heavy atom. The Hall–Kier alpha value is -1.36. The molecule has 0 bridgehead atoms. The summed E-state index contributed by atoms with van der Waals surface area (Å²) in [6.45, 7) is 6.72. The van der Waals surface area contributed by atoms with Crippen molar-refractivity contribution in [3.05, 3.63) is 18.2 Å². The SMILES string of the molecule is CC(C)CNC(=O)CCn1cncc1C1CCCN1. The van der Waals surface area contributed by atoms with Crippen LogP contribution in [0.3, 0.4) is 0 Å². The first-order valence-corrected chi connectivity index (χ1v) is 7.17. The Balaban J connectivity index is 1.82. The summed E-state index contributed by atoms with van der Waals surface area (Å²) >= 11 is 0. The first kappa shape index (κ1) is 14.1. The van der Waals surface area contributed by atoms with E-state index in [1.165, 1.54) is 12.1 Å². The van der Waals surface area contributed by atoms with Crippen LogP contribution >= 0.6 is 0 Å². The summed E-state index contributed by atoms with van der Waals surface area (Å²) in [5.74, 6) is 0.614. The number of rotatable bonds is 6. The summed E-state index contributed by atoms with van der Waals surface area (Å²) in [7, 11) is 0. The van der Waals surface area contributed by atoms with Gasteiger partial charge in [-0.15, -0.1) is 0 Å². The van der Waals surface area contributed by atoms with E-state index in [1.54, 1.807) is 0 Å². The predicted octanol–water partition coefficient (Wildman–Crippen LogP) is 1.47. The van der Waals surface area contributed by atoms with Gasteiger partial charge in [0.25, 0.3) is 0 Å². The fourth-order valence-electron chi connectivity index (χ4n) is 2.37. The number of nitrogens with zero attached hydrogens (tertiary/aromatic N) is 2. The molecule has 5 heteroatoms. The van der Waals surface area contributed by atoms with Gasteiger partial charge in [0.15, 0.2) is 0 Å². The number of aromatic nitrogens is 2. The van der Waals surface area contributed by atoms with Gasteiger partial charge in [-0.25, -0.2) is 4.98 Å².